The van der Waals surface area contributed by atoms with Gasteiger partial charge in [-0.3, -0.25) is 9.78 Å². The number of nitrogens with zero attached hydrogens (tertiary/aromatic N) is 2. The van der Waals surface area contributed by atoms with Crippen LogP contribution in [0, 0.1) is 0 Å². The van der Waals surface area contributed by atoms with Crippen molar-refractivity contribution in [2.24, 2.45) is 0 Å². The summed E-state index contributed by atoms with van der Waals surface area (Å²) in [5, 5.41) is 0. The molecule has 1 unspecified atom stereocenters. The van der Waals surface area contributed by atoms with E-state index in [1.165, 1.54) is 0 Å². The predicted molar refractivity (Wildman–Crippen MR) is 106 cm³/mol. The van der Waals surface area contributed by atoms with Crippen LogP contribution in [0.1, 0.15) is 40.6 Å². The first-order valence-corrected chi connectivity index (χ1v) is 9.29. The lowest BCUT2D eigenvalue weighted by molar-refractivity contribution is -0.117. The van der Waals surface area contributed by atoms with E-state index < -0.39 is 12.1 Å². The molecular weight excluding hydrogens is 352 g/mol. The Labute approximate surface area is 163 Å². The van der Waals surface area contributed by atoms with Crippen molar-refractivity contribution < 1.29 is 14.3 Å². The minimum atomic E-state index is -0.588. The van der Waals surface area contributed by atoms with Crippen LogP contribution in [-0.4, -0.2) is 23.4 Å². The van der Waals surface area contributed by atoms with Crippen LogP contribution in [0.15, 0.2) is 79.0 Å². The Balaban J connectivity index is 1.55. The molecule has 140 valence electrons. The van der Waals surface area contributed by atoms with E-state index in [-0.39, 0.29) is 5.91 Å². The van der Waals surface area contributed by atoms with Crippen LogP contribution < -0.4 is 4.90 Å². The highest BCUT2D eigenvalue weighted by Gasteiger charge is 2.23. The molecule has 0 bridgehead atoms. The van der Waals surface area contributed by atoms with Crippen LogP contribution in [0.2, 0.25) is 0 Å². The smallest absolute Gasteiger partial charge is 0.339 e. The molecule has 1 aliphatic rings. The third kappa shape index (κ3) is 3.78. The summed E-state index contributed by atoms with van der Waals surface area (Å²) < 4.78 is 5.81. The maximum Gasteiger partial charge on any atom is 0.339 e. The molecule has 28 heavy (non-hydrogen) atoms. The fraction of sp³-hybridized carbons (Fsp3) is 0.174. The van der Waals surface area contributed by atoms with Crippen LogP contribution in [0.5, 0.6) is 0 Å². The first-order chi connectivity index (χ1) is 13.7. The Morgan fingerprint density at radius 2 is 1.71 bits per heavy atom. The molecule has 4 rings (SSSR count). The first-order valence-electron chi connectivity index (χ1n) is 9.29. The number of benzene rings is 2. The van der Waals surface area contributed by atoms with Gasteiger partial charge in [0.2, 0.25) is 5.91 Å². The molecule has 1 fully saturated rings. The van der Waals surface area contributed by atoms with Gasteiger partial charge in [0.1, 0.15) is 0 Å². The van der Waals surface area contributed by atoms with Gasteiger partial charge in [0, 0.05) is 24.8 Å². The number of pyridine rings is 1. The normalized spacial score (nSPS) is 14.7. The van der Waals surface area contributed by atoms with Gasteiger partial charge in [-0.15, -0.1) is 0 Å². The number of carbonyl (C=O) groups excluding carboxylic acids is 2. The summed E-state index contributed by atoms with van der Waals surface area (Å²) in [4.78, 5) is 30.7. The molecule has 2 aromatic carbocycles. The molecule has 0 saturated carbocycles. The molecule has 1 aliphatic heterocycles. The Hall–Kier alpha value is -3.47. The third-order valence-corrected chi connectivity index (χ3v) is 4.77. The van der Waals surface area contributed by atoms with Gasteiger partial charge in [-0.25, -0.2) is 4.79 Å². The van der Waals surface area contributed by atoms with E-state index in [1.54, 1.807) is 35.4 Å². The van der Waals surface area contributed by atoms with Crippen LogP contribution in [0.25, 0.3) is 0 Å². The Morgan fingerprint density at radius 3 is 2.36 bits per heavy atom. The third-order valence-electron chi connectivity index (χ3n) is 4.77. The molecule has 1 amide bonds. The van der Waals surface area contributed by atoms with Crippen molar-refractivity contribution >= 4 is 17.6 Å². The second-order valence-electron chi connectivity index (χ2n) is 6.65. The minimum Gasteiger partial charge on any atom is -0.447 e. The Kier molecular flexibility index (Phi) is 5.15. The van der Waals surface area contributed by atoms with E-state index in [9.17, 15) is 9.59 Å². The predicted octanol–water partition coefficient (Wildman–Crippen LogP) is 4.15. The SMILES string of the molecule is O=C(OC(c1ccccc1)c1ccccn1)c1ccc(N2CCCC2=O)cc1. The van der Waals surface area contributed by atoms with Crippen molar-refractivity contribution in [3.63, 3.8) is 0 Å². The van der Waals surface area contributed by atoms with Crippen LogP contribution in [0.3, 0.4) is 0 Å². The second-order valence-corrected chi connectivity index (χ2v) is 6.65. The molecule has 5 nitrogen and oxygen atoms in total. The zero-order chi connectivity index (χ0) is 19.3. The molecule has 0 radical (unpaired) electrons. The number of ether oxygens (including phenoxy) is 1. The van der Waals surface area contributed by atoms with Crippen LogP contribution in [0.4, 0.5) is 5.69 Å². The Morgan fingerprint density at radius 1 is 0.964 bits per heavy atom. The first kappa shape index (κ1) is 17.9. The fourth-order valence-corrected chi connectivity index (χ4v) is 3.33. The highest BCUT2D eigenvalue weighted by atomic mass is 16.5. The standard InChI is InChI=1S/C23H20N2O3/c26-21-10-6-16-25(21)19-13-11-18(12-14-19)23(27)28-22(17-7-2-1-3-8-17)20-9-4-5-15-24-20/h1-5,7-9,11-15,22H,6,10,16H2. The second kappa shape index (κ2) is 8.05. The molecule has 1 atom stereocenters. The topological polar surface area (TPSA) is 59.5 Å². The van der Waals surface area contributed by atoms with Crippen molar-refractivity contribution in [1.82, 2.24) is 4.98 Å². The summed E-state index contributed by atoms with van der Waals surface area (Å²) in [7, 11) is 0. The molecule has 3 aromatic rings. The van der Waals surface area contributed by atoms with Crippen molar-refractivity contribution in [2.45, 2.75) is 18.9 Å². The zero-order valence-corrected chi connectivity index (χ0v) is 15.3. The Bertz CT molecular complexity index is 917. The molecule has 0 aliphatic carbocycles. The van der Waals surface area contributed by atoms with Crippen molar-refractivity contribution in [3.05, 3.63) is 95.8 Å². The molecule has 1 aromatic heterocycles. The van der Waals surface area contributed by atoms with E-state index in [4.69, 9.17) is 4.74 Å². The van der Waals surface area contributed by atoms with Crippen LogP contribution >= 0.6 is 0 Å². The van der Waals surface area contributed by atoms with Gasteiger partial charge in [-0.2, -0.15) is 0 Å². The summed E-state index contributed by atoms with van der Waals surface area (Å²) in [5.74, 6) is -0.312. The fourth-order valence-electron chi connectivity index (χ4n) is 3.33. The lowest BCUT2D eigenvalue weighted by atomic mass is 10.1. The number of rotatable bonds is 5. The lowest BCUT2D eigenvalue weighted by Crippen LogP contribution is -2.23. The van der Waals surface area contributed by atoms with Gasteiger partial charge in [0.15, 0.2) is 6.10 Å². The van der Waals surface area contributed by atoms with Gasteiger partial charge in [-0.1, -0.05) is 36.4 Å². The number of hydrogen-bond donors (Lipinski definition) is 0. The average molecular weight is 372 g/mol. The number of hydrogen-bond acceptors (Lipinski definition) is 4. The summed E-state index contributed by atoms with van der Waals surface area (Å²) in [6.45, 7) is 0.721. The van der Waals surface area contributed by atoms with E-state index in [2.05, 4.69) is 4.98 Å². The maximum absolute atomic E-state index is 12.8. The van der Waals surface area contributed by atoms with Gasteiger partial charge >= 0.3 is 5.97 Å². The largest absolute Gasteiger partial charge is 0.447 e. The van der Waals surface area contributed by atoms with E-state index in [1.807, 2.05) is 48.5 Å². The summed E-state index contributed by atoms with van der Waals surface area (Å²) in [5.41, 5.74) is 2.77. The molecule has 5 heteroatoms. The van der Waals surface area contributed by atoms with Crippen molar-refractivity contribution in [3.8, 4) is 0 Å². The number of amides is 1. The molecule has 1 saturated heterocycles. The summed E-state index contributed by atoms with van der Waals surface area (Å²) in [6, 6.07) is 22.1. The van der Waals surface area contributed by atoms with Crippen molar-refractivity contribution in [1.29, 1.82) is 0 Å². The maximum atomic E-state index is 12.8. The van der Waals surface area contributed by atoms with E-state index in [0.29, 0.717) is 17.7 Å². The number of anilines is 1. The quantitative estimate of drug-likeness (QED) is 0.631. The highest BCUT2D eigenvalue weighted by molar-refractivity contribution is 5.96. The molecular formula is C23H20N2O3. The van der Waals surface area contributed by atoms with Crippen LogP contribution in [-0.2, 0) is 9.53 Å². The molecule has 0 spiro atoms. The molecule has 2 heterocycles. The number of esters is 1. The van der Waals surface area contributed by atoms with Gasteiger partial charge in [-0.05, 0) is 48.4 Å². The highest BCUT2D eigenvalue weighted by Crippen LogP contribution is 2.27. The van der Waals surface area contributed by atoms with Gasteiger partial charge in [0.25, 0.3) is 0 Å². The minimum absolute atomic E-state index is 0.120. The molecule has 0 N–H and O–H groups in total. The summed E-state index contributed by atoms with van der Waals surface area (Å²) >= 11 is 0. The number of aromatic nitrogens is 1. The lowest BCUT2D eigenvalue weighted by Gasteiger charge is -2.19. The summed E-state index contributed by atoms with van der Waals surface area (Å²) in [6.07, 6.45) is 2.54. The van der Waals surface area contributed by atoms with E-state index in [0.717, 1.165) is 24.2 Å². The van der Waals surface area contributed by atoms with Gasteiger partial charge in [0.05, 0.1) is 11.3 Å². The monoisotopic (exact) mass is 372 g/mol. The number of carbonyl (C=O) groups is 2. The average Bonchev–Trinajstić information content (AvgIpc) is 3.19. The zero-order valence-electron chi connectivity index (χ0n) is 15.3. The van der Waals surface area contributed by atoms with E-state index >= 15 is 0 Å². The van der Waals surface area contributed by atoms with Gasteiger partial charge < -0.3 is 9.64 Å². The van der Waals surface area contributed by atoms with Crippen molar-refractivity contribution in [2.75, 3.05) is 11.4 Å².